The van der Waals surface area contributed by atoms with Crippen molar-refractivity contribution in [3.05, 3.63) is 54.0 Å². The van der Waals surface area contributed by atoms with Crippen LogP contribution in [0.15, 0.2) is 42.7 Å². The lowest BCUT2D eigenvalue weighted by molar-refractivity contribution is -0.161. The molecule has 4 rings (SSSR count). The van der Waals surface area contributed by atoms with Crippen LogP contribution in [0, 0.1) is 12.8 Å². The number of benzene rings is 1. The van der Waals surface area contributed by atoms with Crippen molar-refractivity contribution in [2.75, 3.05) is 6.61 Å². The highest BCUT2D eigenvalue weighted by molar-refractivity contribution is 5.74. The van der Waals surface area contributed by atoms with E-state index in [0.717, 1.165) is 17.0 Å². The standard InChI is InChI=1S/C23H25N3O4/c1-14-12-25-21(26-14)19-11-18(7-8-24-19)29-17-5-6-20-15(10-17)9-16(13-28-20)22(27)30-23(2,3)4/h5-8,10-12,16H,9,13H2,1-4H3,(H,25,26). The van der Waals surface area contributed by atoms with Gasteiger partial charge >= 0.3 is 5.97 Å². The van der Waals surface area contributed by atoms with Gasteiger partial charge in [0, 0.05) is 24.2 Å². The van der Waals surface area contributed by atoms with Gasteiger partial charge in [-0.3, -0.25) is 9.78 Å². The number of aryl methyl sites for hydroxylation is 1. The van der Waals surface area contributed by atoms with E-state index in [0.29, 0.717) is 36.0 Å². The zero-order valence-electron chi connectivity index (χ0n) is 17.6. The Morgan fingerprint density at radius 3 is 2.70 bits per heavy atom. The molecule has 0 radical (unpaired) electrons. The minimum Gasteiger partial charge on any atom is -0.492 e. The highest BCUT2D eigenvalue weighted by Gasteiger charge is 2.30. The fraction of sp³-hybridized carbons (Fsp3) is 0.348. The Morgan fingerprint density at radius 2 is 1.97 bits per heavy atom. The van der Waals surface area contributed by atoms with Crippen molar-refractivity contribution in [2.24, 2.45) is 5.92 Å². The van der Waals surface area contributed by atoms with Crippen molar-refractivity contribution >= 4 is 5.97 Å². The summed E-state index contributed by atoms with van der Waals surface area (Å²) in [6, 6.07) is 9.25. The number of rotatable bonds is 4. The van der Waals surface area contributed by atoms with Gasteiger partial charge in [0.15, 0.2) is 5.82 Å². The lowest BCUT2D eigenvalue weighted by Crippen LogP contribution is -2.34. The van der Waals surface area contributed by atoms with Crippen molar-refractivity contribution in [3.8, 4) is 28.8 Å². The molecule has 1 unspecified atom stereocenters. The molecule has 30 heavy (non-hydrogen) atoms. The van der Waals surface area contributed by atoms with Gasteiger partial charge in [0.1, 0.15) is 35.2 Å². The second-order valence-electron chi connectivity index (χ2n) is 8.41. The van der Waals surface area contributed by atoms with Crippen LogP contribution in [-0.4, -0.2) is 33.1 Å². The molecular formula is C23H25N3O4. The molecule has 0 amide bonds. The van der Waals surface area contributed by atoms with Crippen LogP contribution < -0.4 is 9.47 Å². The Bertz CT molecular complexity index is 1070. The Labute approximate surface area is 175 Å². The number of imidazole rings is 1. The zero-order chi connectivity index (χ0) is 21.3. The molecule has 1 aliphatic rings. The number of nitrogens with one attached hydrogen (secondary N) is 1. The molecule has 0 fully saturated rings. The molecule has 1 aliphatic heterocycles. The quantitative estimate of drug-likeness (QED) is 0.643. The Hall–Kier alpha value is -3.35. The van der Waals surface area contributed by atoms with E-state index in [1.807, 2.05) is 52.0 Å². The molecule has 2 aromatic heterocycles. The van der Waals surface area contributed by atoms with Gasteiger partial charge in [-0.25, -0.2) is 4.98 Å². The predicted octanol–water partition coefficient (Wildman–Crippen LogP) is 4.47. The number of nitrogens with zero attached hydrogens (tertiary/aromatic N) is 2. The van der Waals surface area contributed by atoms with E-state index in [2.05, 4.69) is 15.0 Å². The van der Waals surface area contributed by atoms with Gasteiger partial charge in [0.05, 0.1) is 5.92 Å². The van der Waals surface area contributed by atoms with Crippen LogP contribution in [0.3, 0.4) is 0 Å². The smallest absolute Gasteiger partial charge is 0.313 e. The number of hydrogen-bond acceptors (Lipinski definition) is 6. The SMILES string of the molecule is Cc1cnc(-c2cc(Oc3ccc4c(c3)CC(C(=O)OC(C)(C)C)CO4)ccn2)[nH]1. The number of H-pyrrole nitrogens is 1. The number of aromatic nitrogens is 3. The zero-order valence-corrected chi connectivity index (χ0v) is 17.6. The molecule has 1 aromatic carbocycles. The maximum Gasteiger partial charge on any atom is 0.313 e. The van der Waals surface area contributed by atoms with Crippen molar-refractivity contribution < 1.29 is 19.0 Å². The summed E-state index contributed by atoms with van der Waals surface area (Å²) >= 11 is 0. The molecule has 0 saturated carbocycles. The summed E-state index contributed by atoms with van der Waals surface area (Å²) in [6.07, 6.45) is 3.99. The number of esters is 1. The van der Waals surface area contributed by atoms with Crippen molar-refractivity contribution in [2.45, 2.75) is 39.7 Å². The lowest BCUT2D eigenvalue weighted by atomic mass is 9.96. The number of carbonyl (C=O) groups excluding carboxylic acids is 1. The van der Waals surface area contributed by atoms with Gasteiger partial charge in [0.2, 0.25) is 0 Å². The molecule has 1 N–H and O–H groups in total. The van der Waals surface area contributed by atoms with Crippen LogP contribution in [0.25, 0.3) is 11.5 Å². The second-order valence-corrected chi connectivity index (χ2v) is 8.41. The van der Waals surface area contributed by atoms with Gasteiger partial charge in [-0.2, -0.15) is 0 Å². The second kappa shape index (κ2) is 7.82. The topological polar surface area (TPSA) is 86.3 Å². The van der Waals surface area contributed by atoms with Crippen LogP contribution in [0.5, 0.6) is 17.2 Å². The summed E-state index contributed by atoms with van der Waals surface area (Å²) in [7, 11) is 0. The molecule has 156 valence electrons. The number of fused-ring (bicyclic) bond motifs is 1. The van der Waals surface area contributed by atoms with Gasteiger partial charge in [-0.05, 0) is 63.9 Å². The highest BCUT2D eigenvalue weighted by Crippen LogP contribution is 2.33. The van der Waals surface area contributed by atoms with Crippen molar-refractivity contribution in [3.63, 3.8) is 0 Å². The molecule has 7 nitrogen and oxygen atoms in total. The molecule has 0 bridgehead atoms. The van der Waals surface area contributed by atoms with Gasteiger partial charge < -0.3 is 19.2 Å². The first-order valence-corrected chi connectivity index (χ1v) is 9.91. The maximum absolute atomic E-state index is 12.4. The number of hydrogen-bond donors (Lipinski definition) is 1. The normalized spacial score (nSPS) is 15.8. The summed E-state index contributed by atoms with van der Waals surface area (Å²) in [5.41, 5.74) is 2.07. The lowest BCUT2D eigenvalue weighted by Gasteiger charge is -2.27. The summed E-state index contributed by atoms with van der Waals surface area (Å²) in [4.78, 5) is 24.2. The average Bonchev–Trinajstić information content (AvgIpc) is 3.13. The first kappa shape index (κ1) is 19.9. The van der Waals surface area contributed by atoms with E-state index < -0.39 is 5.60 Å². The molecular weight excluding hydrogens is 382 g/mol. The van der Waals surface area contributed by atoms with E-state index in [9.17, 15) is 4.79 Å². The number of aromatic amines is 1. The summed E-state index contributed by atoms with van der Waals surface area (Å²) in [6.45, 7) is 7.85. The minimum absolute atomic E-state index is 0.244. The molecule has 3 aromatic rings. The van der Waals surface area contributed by atoms with Crippen LogP contribution in [-0.2, 0) is 16.0 Å². The molecule has 1 atom stereocenters. The molecule has 0 spiro atoms. The Kier molecular flexibility index (Phi) is 5.20. The van der Waals surface area contributed by atoms with Crippen molar-refractivity contribution in [1.29, 1.82) is 0 Å². The monoisotopic (exact) mass is 407 g/mol. The maximum atomic E-state index is 12.4. The molecule has 3 heterocycles. The predicted molar refractivity (Wildman–Crippen MR) is 112 cm³/mol. The van der Waals surface area contributed by atoms with Crippen LogP contribution in [0.2, 0.25) is 0 Å². The summed E-state index contributed by atoms with van der Waals surface area (Å²) < 4.78 is 17.3. The molecule has 7 heteroatoms. The highest BCUT2D eigenvalue weighted by atomic mass is 16.6. The van der Waals surface area contributed by atoms with E-state index in [-0.39, 0.29) is 11.9 Å². The summed E-state index contributed by atoms with van der Waals surface area (Å²) in [5, 5.41) is 0. The van der Waals surface area contributed by atoms with Gasteiger partial charge in [-0.1, -0.05) is 0 Å². The summed E-state index contributed by atoms with van der Waals surface area (Å²) in [5.74, 6) is 2.19. The fourth-order valence-corrected chi connectivity index (χ4v) is 3.25. The van der Waals surface area contributed by atoms with Crippen molar-refractivity contribution in [1.82, 2.24) is 15.0 Å². The van der Waals surface area contributed by atoms with Crippen LogP contribution in [0.4, 0.5) is 0 Å². The van der Waals surface area contributed by atoms with E-state index >= 15 is 0 Å². The Balaban J connectivity index is 1.50. The van der Waals surface area contributed by atoms with Gasteiger partial charge in [0.25, 0.3) is 0 Å². The van der Waals surface area contributed by atoms with E-state index in [4.69, 9.17) is 14.2 Å². The average molecular weight is 407 g/mol. The molecule has 0 aliphatic carbocycles. The van der Waals surface area contributed by atoms with E-state index in [1.165, 1.54) is 0 Å². The third-order valence-electron chi connectivity index (χ3n) is 4.59. The van der Waals surface area contributed by atoms with Crippen LogP contribution >= 0.6 is 0 Å². The first-order chi connectivity index (χ1) is 14.3. The fourth-order valence-electron chi connectivity index (χ4n) is 3.25. The van der Waals surface area contributed by atoms with Gasteiger partial charge in [-0.15, -0.1) is 0 Å². The number of pyridine rings is 1. The minimum atomic E-state index is -0.520. The number of ether oxygens (including phenoxy) is 3. The first-order valence-electron chi connectivity index (χ1n) is 9.91. The third-order valence-corrected chi connectivity index (χ3v) is 4.59. The number of carbonyl (C=O) groups is 1. The Morgan fingerprint density at radius 1 is 1.17 bits per heavy atom. The largest absolute Gasteiger partial charge is 0.492 e. The van der Waals surface area contributed by atoms with E-state index in [1.54, 1.807) is 18.5 Å². The van der Waals surface area contributed by atoms with Crippen LogP contribution in [0.1, 0.15) is 32.0 Å². The molecule has 0 saturated heterocycles. The third kappa shape index (κ3) is 4.62.